The van der Waals surface area contributed by atoms with E-state index in [9.17, 15) is 9.59 Å². The number of hydrogen-bond acceptors (Lipinski definition) is 6. The van der Waals surface area contributed by atoms with Gasteiger partial charge in [-0.3, -0.25) is 14.6 Å². The number of methoxy groups -OCH3 is 1. The van der Waals surface area contributed by atoms with Gasteiger partial charge in [-0.1, -0.05) is 12.1 Å². The van der Waals surface area contributed by atoms with Crippen LogP contribution in [-0.4, -0.2) is 41.2 Å². The van der Waals surface area contributed by atoms with Crippen LogP contribution in [0.5, 0.6) is 11.5 Å². The predicted octanol–water partition coefficient (Wildman–Crippen LogP) is 4.27. The Morgan fingerprint density at radius 1 is 1.09 bits per heavy atom. The third-order valence-corrected chi connectivity index (χ3v) is 5.34. The lowest BCUT2D eigenvalue weighted by molar-refractivity contribution is -0.132. The Hall–Kier alpha value is -4.20. The number of benzene rings is 2. The first-order valence-corrected chi connectivity index (χ1v) is 11.1. The van der Waals surface area contributed by atoms with E-state index in [1.165, 1.54) is 11.2 Å². The topological polar surface area (TPSA) is 93.1 Å². The molecule has 3 aromatic rings. The summed E-state index contributed by atoms with van der Waals surface area (Å²) in [7, 11) is 1.60. The number of carbonyl (C=O) groups is 2. The molecule has 8 nitrogen and oxygen atoms in total. The van der Waals surface area contributed by atoms with Gasteiger partial charge >= 0.3 is 0 Å². The molecule has 0 unspecified atom stereocenters. The van der Waals surface area contributed by atoms with Crippen LogP contribution in [0.3, 0.4) is 0 Å². The maximum Gasteiger partial charge on any atom is 0.257 e. The molecule has 174 valence electrons. The number of rotatable bonds is 8. The second kappa shape index (κ2) is 10.6. The van der Waals surface area contributed by atoms with Crippen LogP contribution in [0.15, 0.2) is 72.1 Å². The zero-order valence-corrected chi connectivity index (χ0v) is 19.2. The summed E-state index contributed by atoms with van der Waals surface area (Å²) in [4.78, 5) is 29.0. The van der Waals surface area contributed by atoms with Crippen LogP contribution in [0.1, 0.15) is 41.3 Å². The molecule has 34 heavy (non-hydrogen) atoms. The van der Waals surface area contributed by atoms with Crippen LogP contribution in [0.2, 0.25) is 0 Å². The molecule has 0 atom stereocenters. The van der Waals surface area contributed by atoms with Gasteiger partial charge in [0.15, 0.2) is 11.5 Å². The summed E-state index contributed by atoms with van der Waals surface area (Å²) in [6, 6.07) is 16.4. The Morgan fingerprint density at radius 3 is 2.74 bits per heavy atom. The molecule has 1 aromatic heterocycles. The molecule has 1 N–H and O–H groups in total. The lowest BCUT2D eigenvalue weighted by atomic mass is 10.0. The van der Waals surface area contributed by atoms with E-state index < -0.39 is 0 Å². The van der Waals surface area contributed by atoms with Crippen LogP contribution in [0, 0.1) is 0 Å². The maximum absolute atomic E-state index is 12.6. The van der Waals surface area contributed by atoms with Crippen molar-refractivity contribution in [2.75, 3.05) is 19.0 Å². The average Bonchev–Trinajstić information content (AvgIpc) is 2.86. The molecular weight excluding hydrogens is 432 g/mol. The highest BCUT2D eigenvalue weighted by Gasteiger charge is 2.22. The van der Waals surface area contributed by atoms with E-state index >= 15 is 0 Å². The summed E-state index contributed by atoms with van der Waals surface area (Å²) in [6.07, 6.45) is 4.05. The molecule has 2 heterocycles. The number of nitrogens with one attached hydrogen (secondary N) is 1. The summed E-state index contributed by atoms with van der Waals surface area (Å²) in [5, 5.41) is 8.98. The van der Waals surface area contributed by atoms with E-state index in [0.29, 0.717) is 48.7 Å². The zero-order chi connectivity index (χ0) is 23.9. The van der Waals surface area contributed by atoms with Gasteiger partial charge < -0.3 is 14.8 Å². The van der Waals surface area contributed by atoms with Crippen LogP contribution in [0.25, 0.3) is 0 Å². The molecule has 1 aliphatic rings. The van der Waals surface area contributed by atoms with Crippen molar-refractivity contribution in [2.45, 2.75) is 26.3 Å². The van der Waals surface area contributed by atoms with Gasteiger partial charge in [-0.15, -0.1) is 0 Å². The molecule has 0 fully saturated rings. The Labute approximate surface area is 198 Å². The standard InChI is InChI=1S/C26H26N4O4/c1-3-34-24-15-19(9-11-23(24)33-2)22-10-12-25(31)30(29-22)17-18-6-4-8-21(14-18)28-26(32)20-7-5-13-27-16-20/h4-9,11,13-16H,3,10,12,17H2,1-2H3,(H,28,32). The predicted molar refractivity (Wildman–Crippen MR) is 129 cm³/mol. The van der Waals surface area contributed by atoms with Gasteiger partial charge in [0.1, 0.15) is 0 Å². The first-order chi connectivity index (χ1) is 16.6. The van der Waals surface area contributed by atoms with Gasteiger partial charge in [0.05, 0.1) is 31.5 Å². The van der Waals surface area contributed by atoms with Gasteiger partial charge in [-0.2, -0.15) is 5.10 Å². The van der Waals surface area contributed by atoms with Gasteiger partial charge in [0, 0.05) is 36.5 Å². The van der Waals surface area contributed by atoms with Crippen LogP contribution in [-0.2, 0) is 11.3 Å². The summed E-state index contributed by atoms with van der Waals surface area (Å²) in [5.41, 5.74) is 3.66. The molecule has 4 rings (SSSR count). The minimum atomic E-state index is -0.246. The van der Waals surface area contributed by atoms with Crippen molar-refractivity contribution in [2.24, 2.45) is 5.10 Å². The molecule has 0 aliphatic carbocycles. The first kappa shape index (κ1) is 23.0. The number of ether oxygens (including phenoxy) is 2. The number of carbonyl (C=O) groups excluding carboxylic acids is 2. The zero-order valence-electron chi connectivity index (χ0n) is 19.2. The smallest absolute Gasteiger partial charge is 0.257 e. The van der Waals surface area contributed by atoms with Crippen molar-refractivity contribution < 1.29 is 19.1 Å². The molecule has 2 aromatic carbocycles. The normalized spacial score (nSPS) is 13.3. The van der Waals surface area contributed by atoms with Crippen LogP contribution < -0.4 is 14.8 Å². The van der Waals surface area contributed by atoms with Gasteiger partial charge in [0.2, 0.25) is 5.91 Å². The number of amides is 2. The van der Waals surface area contributed by atoms with Crippen molar-refractivity contribution in [3.05, 3.63) is 83.7 Å². The summed E-state index contributed by atoms with van der Waals surface area (Å²) >= 11 is 0. The highest BCUT2D eigenvalue weighted by molar-refractivity contribution is 6.05. The third kappa shape index (κ3) is 5.40. The molecular formula is C26H26N4O4. The quantitative estimate of drug-likeness (QED) is 0.544. The highest BCUT2D eigenvalue weighted by atomic mass is 16.5. The van der Waals surface area contributed by atoms with E-state index in [1.54, 1.807) is 31.5 Å². The number of anilines is 1. The fourth-order valence-electron chi connectivity index (χ4n) is 3.68. The Bertz CT molecular complexity index is 1210. The monoisotopic (exact) mass is 458 g/mol. The Kier molecular flexibility index (Phi) is 7.17. The molecule has 8 heteroatoms. The molecule has 0 saturated heterocycles. The first-order valence-electron chi connectivity index (χ1n) is 11.1. The Balaban J connectivity index is 1.51. The fourth-order valence-corrected chi connectivity index (χ4v) is 3.68. The second-order valence-electron chi connectivity index (χ2n) is 7.69. The van der Waals surface area contributed by atoms with Gasteiger partial charge in [0.25, 0.3) is 5.91 Å². The second-order valence-corrected chi connectivity index (χ2v) is 7.69. The minimum Gasteiger partial charge on any atom is -0.493 e. The molecule has 0 bridgehead atoms. The summed E-state index contributed by atoms with van der Waals surface area (Å²) < 4.78 is 11.0. The van der Waals surface area contributed by atoms with Crippen molar-refractivity contribution in [3.8, 4) is 11.5 Å². The van der Waals surface area contributed by atoms with Crippen molar-refractivity contribution in [3.63, 3.8) is 0 Å². The number of hydrogen-bond donors (Lipinski definition) is 1. The van der Waals surface area contributed by atoms with Crippen molar-refractivity contribution in [1.29, 1.82) is 0 Å². The number of hydrazone groups is 1. The Morgan fingerprint density at radius 2 is 1.97 bits per heavy atom. The number of pyridine rings is 1. The largest absolute Gasteiger partial charge is 0.493 e. The van der Waals surface area contributed by atoms with Crippen molar-refractivity contribution >= 4 is 23.2 Å². The maximum atomic E-state index is 12.6. The number of nitrogens with zero attached hydrogens (tertiary/aromatic N) is 3. The van der Waals surface area contributed by atoms with E-state index in [4.69, 9.17) is 9.47 Å². The van der Waals surface area contributed by atoms with Gasteiger partial charge in [-0.25, -0.2) is 5.01 Å². The average molecular weight is 459 g/mol. The van der Waals surface area contributed by atoms with Crippen molar-refractivity contribution in [1.82, 2.24) is 9.99 Å². The minimum absolute atomic E-state index is 0.0490. The summed E-state index contributed by atoms with van der Waals surface area (Å²) in [6.45, 7) is 2.73. The molecule has 1 aliphatic heterocycles. The van der Waals surface area contributed by atoms with E-state index in [0.717, 1.165) is 16.8 Å². The van der Waals surface area contributed by atoms with E-state index in [2.05, 4.69) is 15.4 Å². The fraction of sp³-hybridized carbons (Fsp3) is 0.231. The van der Waals surface area contributed by atoms with Gasteiger partial charge in [-0.05, 0) is 55.0 Å². The molecule has 0 spiro atoms. The molecule has 0 radical (unpaired) electrons. The van der Waals surface area contributed by atoms with Crippen LogP contribution in [0.4, 0.5) is 5.69 Å². The van der Waals surface area contributed by atoms with E-state index in [-0.39, 0.29) is 11.8 Å². The lowest BCUT2D eigenvalue weighted by Gasteiger charge is -2.24. The van der Waals surface area contributed by atoms with E-state index in [1.807, 2.05) is 43.3 Å². The van der Waals surface area contributed by atoms with Crippen LogP contribution >= 0.6 is 0 Å². The molecule has 0 saturated carbocycles. The molecule has 2 amide bonds. The number of aromatic nitrogens is 1. The summed E-state index contributed by atoms with van der Waals surface area (Å²) in [5.74, 6) is 1.00. The SMILES string of the molecule is CCOc1cc(C2=NN(Cc3cccc(NC(=O)c4cccnc4)c3)C(=O)CC2)ccc1OC. The third-order valence-electron chi connectivity index (χ3n) is 5.34. The highest BCUT2D eigenvalue weighted by Crippen LogP contribution is 2.30. The lowest BCUT2D eigenvalue weighted by Crippen LogP contribution is -2.31.